The maximum absolute atomic E-state index is 5.57. The molecule has 0 radical (unpaired) electrons. The van der Waals surface area contributed by atoms with E-state index in [1.54, 1.807) is 6.20 Å². The number of halogens is 1. The summed E-state index contributed by atoms with van der Waals surface area (Å²) >= 11 is 3.65. The van der Waals surface area contributed by atoms with Gasteiger partial charge in [-0.05, 0) is 19.3 Å². The molecule has 1 aliphatic heterocycles. The minimum atomic E-state index is 0.270. The van der Waals surface area contributed by atoms with Gasteiger partial charge in [0.15, 0.2) is 5.75 Å². The highest BCUT2D eigenvalue weighted by molar-refractivity contribution is 9.09. The van der Waals surface area contributed by atoms with Crippen LogP contribution >= 0.6 is 15.9 Å². The van der Waals surface area contributed by atoms with E-state index in [1.807, 2.05) is 10.9 Å². The number of nitrogens with zero attached hydrogens (tertiary/aromatic N) is 2. The molecular formula is C13H21BrN2O2. The number of ether oxygens (including phenoxy) is 2. The molecule has 0 N–H and O–H groups in total. The molecule has 1 fully saturated rings. The van der Waals surface area contributed by atoms with Gasteiger partial charge in [-0.2, -0.15) is 5.10 Å². The SMILES string of the molecule is CCCOc1cnn(CC2(CBr)CCOCC2)c1. The first-order chi connectivity index (χ1) is 8.78. The maximum atomic E-state index is 5.57. The lowest BCUT2D eigenvalue weighted by Gasteiger charge is -2.35. The van der Waals surface area contributed by atoms with E-state index in [4.69, 9.17) is 9.47 Å². The van der Waals surface area contributed by atoms with Gasteiger partial charge >= 0.3 is 0 Å². The monoisotopic (exact) mass is 316 g/mol. The van der Waals surface area contributed by atoms with Gasteiger partial charge in [-0.3, -0.25) is 4.68 Å². The highest BCUT2D eigenvalue weighted by atomic mass is 79.9. The lowest BCUT2D eigenvalue weighted by atomic mass is 9.82. The molecule has 0 saturated carbocycles. The molecule has 18 heavy (non-hydrogen) atoms. The third-order valence-corrected chi connectivity index (χ3v) is 4.61. The van der Waals surface area contributed by atoms with E-state index in [0.717, 1.165) is 56.7 Å². The summed E-state index contributed by atoms with van der Waals surface area (Å²) in [5.74, 6) is 0.869. The van der Waals surface area contributed by atoms with Crippen LogP contribution in [0, 0.1) is 5.41 Å². The predicted molar refractivity (Wildman–Crippen MR) is 74.3 cm³/mol. The number of hydrogen-bond donors (Lipinski definition) is 0. The van der Waals surface area contributed by atoms with Crippen molar-refractivity contribution in [3.8, 4) is 5.75 Å². The van der Waals surface area contributed by atoms with Crippen LogP contribution < -0.4 is 4.74 Å². The smallest absolute Gasteiger partial charge is 0.157 e. The number of alkyl halides is 1. The first kappa shape index (κ1) is 13.9. The highest BCUT2D eigenvalue weighted by Gasteiger charge is 2.32. The Bertz CT molecular complexity index is 362. The quantitative estimate of drug-likeness (QED) is 0.757. The minimum Gasteiger partial charge on any atom is -0.490 e. The molecule has 5 heteroatoms. The van der Waals surface area contributed by atoms with Crippen molar-refractivity contribution in [3.63, 3.8) is 0 Å². The van der Waals surface area contributed by atoms with Gasteiger partial charge < -0.3 is 9.47 Å². The number of rotatable bonds is 6. The maximum Gasteiger partial charge on any atom is 0.157 e. The van der Waals surface area contributed by atoms with E-state index in [1.165, 1.54) is 0 Å². The molecule has 0 amide bonds. The van der Waals surface area contributed by atoms with Gasteiger partial charge in [0.1, 0.15) is 0 Å². The van der Waals surface area contributed by atoms with E-state index in [2.05, 4.69) is 28.0 Å². The van der Waals surface area contributed by atoms with E-state index in [-0.39, 0.29) is 5.41 Å². The van der Waals surface area contributed by atoms with Crippen molar-refractivity contribution in [3.05, 3.63) is 12.4 Å². The van der Waals surface area contributed by atoms with Crippen LogP contribution in [0.4, 0.5) is 0 Å². The van der Waals surface area contributed by atoms with E-state index < -0.39 is 0 Å². The lowest BCUT2D eigenvalue weighted by Crippen LogP contribution is -2.35. The van der Waals surface area contributed by atoms with Gasteiger partial charge in [0.05, 0.1) is 19.0 Å². The third kappa shape index (κ3) is 3.48. The summed E-state index contributed by atoms with van der Waals surface area (Å²) < 4.78 is 13.0. The second-order valence-electron chi connectivity index (χ2n) is 4.97. The second-order valence-corrected chi connectivity index (χ2v) is 5.53. The average molecular weight is 317 g/mol. The molecule has 4 nitrogen and oxygen atoms in total. The summed E-state index contributed by atoms with van der Waals surface area (Å²) in [5, 5.41) is 5.38. The van der Waals surface area contributed by atoms with E-state index in [0.29, 0.717) is 0 Å². The molecule has 0 unspecified atom stereocenters. The standard InChI is InChI=1S/C13H21BrN2O2/c1-2-5-18-12-8-15-16(9-12)11-13(10-14)3-6-17-7-4-13/h8-9H,2-7,10-11H2,1H3. The van der Waals surface area contributed by atoms with E-state index in [9.17, 15) is 0 Å². The summed E-state index contributed by atoms with van der Waals surface area (Å²) in [7, 11) is 0. The molecule has 1 aromatic rings. The van der Waals surface area contributed by atoms with Crippen molar-refractivity contribution in [1.29, 1.82) is 0 Å². The first-order valence-corrected chi connectivity index (χ1v) is 7.69. The normalized spacial score (nSPS) is 18.8. The van der Waals surface area contributed by atoms with Crippen LogP contribution in [-0.2, 0) is 11.3 Å². The van der Waals surface area contributed by atoms with Crippen molar-refractivity contribution < 1.29 is 9.47 Å². The van der Waals surface area contributed by atoms with Gasteiger partial charge in [-0.1, -0.05) is 22.9 Å². The zero-order valence-corrected chi connectivity index (χ0v) is 12.5. The number of hydrogen-bond acceptors (Lipinski definition) is 3. The van der Waals surface area contributed by atoms with Gasteiger partial charge in [0.25, 0.3) is 0 Å². The molecule has 0 aromatic carbocycles. The molecule has 1 saturated heterocycles. The fourth-order valence-corrected chi connectivity index (χ4v) is 2.95. The Morgan fingerprint density at radius 3 is 2.94 bits per heavy atom. The van der Waals surface area contributed by atoms with E-state index >= 15 is 0 Å². The van der Waals surface area contributed by atoms with Crippen molar-refractivity contribution >= 4 is 15.9 Å². The largest absolute Gasteiger partial charge is 0.490 e. The third-order valence-electron chi connectivity index (χ3n) is 3.42. The zero-order chi connectivity index (χ0) is 12.8. The fourth-order valence-electron chi connectivity index (χ4n) is 2.21. The summed E-state index contributed by atoms with van der Waals surface area (Å²) in [6.45, 7) is 5.49. The average Bonchev–Trinajstić information content (AvgIpc) is 2.85. The molecule has 0 spiro atoms. The Morgan fingerprint density at radius 1 is 1.50 bits per heavy atom. The number of aromatic nitrogens is 2. The summed E-state index contributed by atoms with van der Waals surface area (Å²) in [6, 6.07) is 0. The summed E-state index contributed by atoms with van der Waals surface area (Å²) in [6.07, 6.45) is 6.99. The topological polar surface area (TPSA) is 36.3 Å². The van der Waals surface area contributed by atoms with Gasteiger partial charge in [-0.15, -0.1) is 0 Å². The minimum absolute atomic E-state index is 0.270. The summed E-state index contributed by atoms with van der Waals surface area (Å²) in [4.78, 5) is 0. The molecule has 2 heterocycles. The zero-order valence-electron chi connectivity index (χ0n) is 10.9. The van der Waals surface area contributed by atoms with Crippen LogP contribution in [-0.4, -0.2) is 34.9 Å². The van der Waals surface area contributed by atoms with Crippen LogP contribution in [0.15, 0.2) is 12.4 Å². The van der Waals surface area contributed by atoms with Crippen LogP contribution in [0.5, 0.6) is 5.75 Å². The predicted octanol–water partition coefficient (Wildman–Crippen LogP) is 2.86. The second kappa shape index (κ2) is 6.57. The van der Waals surface area contributed by atoms with Gasteiger partial charge in [0.2, 0.25) is 0 Å². The Labute approximate surface area is 117 Å². The Hall–Kier alpha value is -0.550. The van der Waals surface area contributed by atoms with Crippen LogP contribution in [0.1, 0.15) is 26.2 Å². The molecule has 0 atom stereocenters. The Balaban J connectivity index is 1.96. The van der Waals surface area contributed by atoms with Crippen molar-refractivity contribution in [1.82, 2.24) is 9.78 Å². The lowest BCUT2D eigenvalue weighted by molar-refractivity contribution is 0.0169. The Kier molecular flexibility index (Phi) is 5.06. The van der Waals surface area contributed by atoms with Crippen molar-refractivity contribution in [2.45, 2.75) is 32.7 Å². The molecular weight excluding hydrogens is 296 g/mol. The molecule has 1 aromatic heterocycles. The molecule has 0 bridgehead atoms. The Morgan fingerprint density at radius 2 is 2.28 bits per heavy atom. The van der Waals surface area contributed by atoms with Gasteiger partial charge in [-0.25, -0.2) is 0 Å². The fraction of sp³-hybridized carbons (Fsp3) is 0.769. The molecule has 102 valence electrons. The van der Waals surface area contributed by atoms with Gasteiger partial charge in [0, 0.05) is 30.5 Å². The van der Waals surface area contributed by atoms with Crippen LogP contribution in [0.3, 0.4) is 0 Å². The van der Waals surface area contributed by atoms with Crippen LogP contribution in [0.25, 0.3) is 0 Å². The first-order valence-electron chi connectivity index (χ1n) is 6.57. The van der Waals surface area contributed by atoms with Crippen molar-refractivity contribution in [2.75, 3.05) is 25.2 Å². The molecule has 1 aliphatic rings. The van der Waals surface area contributed by atoms with Crippen LogP contribution in [0.2, 0.25) is 0 Å². The molecule has 2 rings (SSSR count). The van der Waals surface area contributed by atoms with Crippen molar-refractivity contribution in [2.24, 2.45) is 5.41 Å². The highest BCUT2D eigenvalue weighted by Crippen LogP contribution is 2.34. The summed E-state index contributed by atoms with van der Waals surface area (Å²) in [5.41, 5.74) is 0.270. The molecule has 0 aliphatic carbocycles.